The molecular formula is C16H19ClN6O. The van der Waals surface area contributed by atoms with Crippen molar-refractivity contribution in [2.45, 2.75) is 38.0 Å². The minimum atomic E-state index is -1.11. The van der Waals surface area contributed by atoms with E-state index >= 15 is 0 Å². The zero-order valence-corrected chi connectivity index (χ0v) is 14.1. The molecule has 0 bridgehead atoms. The molecule has 7 nitrogen and oxygen atoms in total. The molecule has 0 aliphatic heterocycles. The van der Waals surface area contributed by atoms with Crippen molar-refractivity contribution in [1.82, 2.24) is 29.5 Å². The van der Waals surface area contributed by atoms with Crippen LogP contribution < -0.4 is 0 Å². The lowest BCUT2D eigenvalue weighted by Gasteiger charge is -2.36. The zero-order valence-electron chi connectivity index (χ0n) is 13.3. The molecule has 0 fully saturated rings. The van der Waals surface area contributed by atoms with E-state index in [2.05, 4.69) is 20.2 Å². The number of benzene rings is 1. The van der Waals surface area contributed by atoms with Crippen molar-refractivity contribution in [3.05, 3.63) is 60.2 Å². The van der Waals surface area contributed by atoms with Gasteiger partial charge in [-0.05, 0) is 24.1 Å². The second kappa shape index (κ2) is 7.11. The second-order valence-corrected chi connectivity index (χ2v) is 6.24. The summed E-state index contributed by atoms with van der Waals surface area (Å²) in [5, 5.41) is 20.5. The maximum atomic E-state index is 11.5. The third-order valence-corrected chi connectivity index (χ3v) is 4.39. The van der Waals surface area contributed by atoms with E-state index < -0.39 is 5.60 Å². The Hall–Kier alpha value is -2.25. The van der Waals surface area contributed by atoms with E-state index in [1.165, 1.54) is 12.7 Å². The minimum Gasteiger partial charge on any atom is -0.385 e. The summed E-state index contributed by atoms with van der Waals surface area (Å²) in [4.78, 5) is 7.92. The van der Waals surface area contributed by atoms with Gasteiger partial charge < -0.3 is 5.11 Å². The van der Waals surface area contributed by atoms with Crippen LogP contribution >= 0.6 is 11.6 Å². The topological polar surface area (TPSA) is 81.6 Å². The molecule has 8 heteroatoms. The molecule has 0 amide bonds. The van der Waals surface area contributed by atoms with Crippen molar-refractivity contribution in [3.8, 4) is 0 Å². The van der Waals surface area contributed by atoms with Crippen molar-refractivity contribution < 1.29 is 5.11 Å². The van der Waals surface area contributed by atoms with Crippen molar-refractivity contribution in [1.29, 1.82) is 0 Å². The molecule has 1 aromatic carbocycles. The third-order valence-electron chi connectivity index (χ3n) is 4.13. The van der Waals surface area contributed by atoms with Gasteiger partial charge in [-0.3, -0.25) is 0 Å². The highest BCUT2D eigenvalue weighted by Gasteiger charge is 2.38. The van der Waals surface area contributed by atoms with E-state index in [-0.39, 0.29) is 5.92 Å². The molecule has 0 spiro atoms. The van der Waals surface area contributed by atoms with Crippen molar-refractivity contribution in [2.75, 3.05) is 0 Å². The van der Waals surface area contributed by atoms with Gasteiger partial charge >= 0.3 is 0 Å². The highest BCUT2D eigenvalue weighted by molar-refractivity contribution is 6.30. The number of nitrogens with zero attached hydrogens (tertiary/aromatic N) is 6. The fraction of sp³-hybridized carbons (Fsp3) is 0.375. The molecule has 2 heterocycles. The van der Waals surface area contributed by atoms with Gasteiger partial charge in [0.1, 0.15) is 30.9 Å². The molecule has 0 saturated carbocycles. The van der Waals surface area contributed by atoms with Gasteiger partial charge in [-0.1, -0.05) is 30.7 Å². The summed E-state index contributed by atoms with van der Waals surface area (Å²) in [5.41, 5.74) is -0.0890. The third kappa shape index (κ3) is 3.63. The van der Waals surface area contributed by atoms with Crippen molar-refractivity contribution in [2.24, 2.45) is 0 Å². The Morgan fingerprint density at radius 2 is 1.58 bits per heavy atom. The van der Waals surface area contributed by atoms with Crippen LogP contribution in [0, 0.1) is 0 Å². The molecule has 1 atom stereocenters. The summed E-state index contributed by atoms with van der Waals surface area (Å²) in [6.45, 7) is 2.65. The fourth-order valence-electron chi connectivity index (χ4n) is 3.08. The smallest absolute Gasteiger partial charge is 0.137 e. The standard InChI is InChI=1S/C16H19ClN6O/c1-2-15(13-3-5-14(17)6-4-13)16(24,7-22-11-18-9-20-22)8-23-12-19-10-21-23/h3-6,9-12,15,24H,2,7-8H2,1H3. The molecule has 0 radical (unpaired) electrons. The molecular weight excluding hydrogens is 328 g/mol. The quantitative estimate of drug-likeness (QED) is 0.708. The molecule has 126 valence electrons. The van der Waals surface area contributed by atoms with Crippen LogP contribution in [0.5, 0.6) is 0 Å². The second-order valence-electron chi connectivity index (χ2n) is 5.80. The molecule has 3 rings (SSSR count). The van der Waals surface area contributed by atoms with E-state index in [0.717, 1.165) is 12.0 Å². The Kier molecular flexibility index (Phi) is 4.92. The predicted molar refractivity (Wildman–Crippen MR) is 89.5 cm³/mol. The lowest BCUT2D eigenvalue weighted by molar-refractivity contribution is -0.0273. The van der Waals surface area contributed by atoms with Gasteiger partial charge in [-0.25, -0.2) is 19.3 Å². The number of rotatable bonds is 7. The van der Waals surface area contributed by atoms with Gasteiger partial charge in [0.15, 0.2) is 0 Å². The van der Waals surface area contributed by atoms with Crippen LogP contribution in [0.2, 0.25) is 5.02 Å². The summed E-state index contributed by atoms with van der Waals surface area (Å²) in [6.07, 6.45) is 6.86. The molecule has 0 aliphatic carbocycles. The summed E-state index contributed by atoms with van der Waals surface area (Å²) < 4.78 is 3.27. The lowest BCUT2D eigenvalue weighted by atomic mass is 9.80. The normalized spacial score (nSPS) is 13.1. The SMILES string of the molecule is CCC(c1ccc(Cl)cc1)C(O)(Cn1cncn1)Cn1cncn1. The van der Waals surface area contributed by atoms with E-state index in [4.69, 9.17) is 11.6 Å². The van der Waals surface area contributed by atoms with Crippen LogP contribution in [0.15, 0.2) is 49.6 Å². The molecule has 0 aliphatic rings. The van der Waals surface area contributed by atoms with Crippen LogP contribution in [-0.2, 0) is 13.1 Å². The molecule has 24 heavy (non-hydrogen) atoms. The summed E-state index contributed by atoms with van der Waals surface area (Å²) >= 11 is 6.00. The van der Waals surface area contributed by atoms with Gasteiger partial charge in [0.05, 0.1) is 13.1 Å². The largest absolute Gasteiger partial charge is 0.385 e. The molecule has 3 aromatic rings. The Morgan fingerprint density at radius 3 is 2.00 bits per heavy atom. The first-order valence-electron chi connectivity index (χ1n) is 7.73. The van der Waals surface area contributed by atoms with Gasteiger partial charge in [-0.15, -0.1) is 0 Å². The summed E-state index contributed by atoms with van der Waals surface area (Å²) in [7, 11) is 0. The van der Waals surface area contributed by atoms with Gasteiger partial charge in [-0.2, -0.15) is 10.2 Å². The fourth-order valence-corrected chi connectivity index (χ4v) is 3.21. The molecule has 1 N–H and O–H groups in total. The maximum absolute atomic E-state index is 11.5. The zero-order chi connectivity index (χ0) is 17.0. The van der Waals surface area contributed by atoms with Crippen LogP contribution in [-0.4, -0.2) is 40.2 Å². The highest BCUT2D eigenvalue weighted by atomic mass is 35.5. The maximum Gasteiger partial charge on any atom is 0.137 e. The molecule has 1 unspecified atom stereocenters. The molecule has 2 aromatic heterocycles. The number of aromatic nitrogens is 6. The Bertz CT molecular complexity index is 705. The number of hydrogen-bond acceptors (Lipinski definition) is 5. The Balaban J connectivity index is 1.95. The van der Waals surface area contributed by atoms with Crippen molar-refractivity contribution in [3.63, 3.8) is 0 Å². The Labute approximate surface area is 144 Å². The first-order chi connectivity index (χ1) is 11.6. The first-order valence-corrected chi connectivity index (χ1v) is 8.11. The van der Waals surface area contributed by atoms with E-state index in [1.807, 2.05) is 31.2 Å². The lowest BCUT2D eigenvalue weighted by Crippen LogP contribution is -2.45. The number of halogens is 1. The van der Waals surface area contributed by atoms with Crippen LogP contribution in [0.4, 0.5) is 0 Å². The average molecular weight is 347 g/mol. The monoisotopic (exact) mass is 346 g/mol. The summed E-state index contributed by atoms with van der Waals surface area (Å²) in [6, 6.07) is 7.57. The van der Waals surface area contributed by atoms with E-state index in [0.29, 0.717) is 18.1 Å². The number of aliphatic hydroxyl groups is 1. The van der Waals surface area contributed by atoms with E-state index in [9.17, 15) is 5.11 Å². The van der Waals surface area contributed by atoms with Crippen LogP contribution in [0.1, 0.15) is 24.8 Å². The predicted octanol–water partition coefficient (Wildman–Crippen LogP) is 2.15. The van der Waals surface area contributed by atoms with Gasteiger partial charge in [0.2, 0.25) is 0 Å². The van der Waals surface area contributed by atoms with Gasteiger partial charge in [0, 0.05) is 10.9 Å². The number of hydrogen-bond donors (Lipinski definition) is 1. The summed E-state index contributed by atoms with van der Waals surface area (Å²) in [5.74, 6) is -0.122. The minimum absolute atomic E-state index is 0.122. The molecule has 0 saturated heterocycles. The van der Waals surface area contributed by atoms with Crippen LogP contribution in [0.25, 0.3) is 0 Å². The highest BCUT2D eigenvalue weighted by Crippen LogP contribution is 2.34. The Morgan fingerprint density at radius 1 is 1.04 bits per heavy atom. The van der Waals surface area contributed by atoms with E-state index in [1.54, 1.807) is 22.0 Å². The van der Waals surface area contributed by atoms with Crippen molar-refractivity contribution >= 4 is 11.6 Å². The van der Waals surface area contributed by atoms with Crippen LogP contribution in [0.3, 0.4) is 0 Å². The van der Waals surface area contributed by atoms with Gasteiger partial charge in [0.25, 0.3) is 0 Å². The first kappa shape index (κ1) is 16.6. The average Bonchev–Trinajstić information content (AvgIpc) is 3.24.